The van der Waals surface area contributed by atoms with Crippen LogP contribution in [0.2, 0.25) is 0 Å². The first-order valence-electron chi connectivity index (χ1n) is 6.28. The smallest absolute Gasteiger partial charge is 0.269 e. The van der Waals surface area contributed by atoms with Gasteiger partial charge in [-0.15, -0.1) is 0 Å². The Bertz CT molecular complexity index is 459. The fraction of sp³-hybridized carbons (Fsp3) is 0.500. The van der Waals surface area contributed by atoms with E-state index in [0.29, 0.717) is 29.4 Å². The largest absolute Gasteiger partial charge is 0.350 e. The van der Waals surface area contributed by atoms with Crippen LogP contribution >= 0.6 is 0 Å². The first kappa shape index (κ1) is 14.2. The molecule has 1 aromatic rings. The summed E-state index contributed by atoms with van der Waals surface area (Å²) in [7, 11) is 0. The van der Waals surface area contributed by atoms with Gasteiger partial charge in [-0.3, -0.25) is 4.79 Å². The van der Waals surface area contributed by atoms with Gasteiger partial charge in [-0.25, -0.2) is 4.98 Å². The van der Waals surface area contributed by atoms with Gasteiger partial charge >= 0.3 is 0 Å². The van der Waals surface area contributed by atoms with Gasteiger partial charge < -0.3 is 5.32 Å². The highest BCUT2D eigenvalue weighted by Crippen LogP contribution is 2.07. The Morgan fingerprint density at radius 2 is 2.11 bits per heavy atom. The van der Waals surface area contributed by atoms with Crippen LogP contribution in [0.5, 0.6) is 0 Å². The van der Waals surface area contributed by atoms with Gasteiger partial charge in [0.2, 0.25) is 0 Å². The summed E-state index contributed by atoms with van der Waals surface area (Å²) in [6.07, 6.45) is 2.10. The van der Waals surface area contributed by atoms with Crippen LogP contribution in [-0.2, 0) is 0 Å². The lowest BCUT2D eigenvalue weighted by molar-refractivity contribution is 0.0941. The molecule has 0 unspecified atom stereocenters. The van der Waals surface area contributed by atoms with E-state index in [1.165, 1.54) is 0 Å². The molecule has 0 radical (unpaired) electrons. The number of rotatable bonds is 5. The van der Waals surface area contributed by atoms with Crippen LogP contribution in [0.1, 0.15) is 48.4 Å². The number of nitrogens with zero attached hydrogens (tertiary/aromatic N) is 2. The quantitative estimate of drug-likeness (QED) is 0.866. The molecule has 0 bridgehead atoms. The number of carbonyl (C=O) groups excluding carboxylic acids is 1. The first-order valence-corrected chi connectivity index (χ1v) is 6.28. The zero-order valence-corrected chi connectivity index (χ0v) is 11.2. The van der Waals surface area contributed by atoms with Gasteiger partial charge in [0, 0.05) is 6.54 Å². The Hall–Kier alpha value is -1.89. The van der Waals surface area contributed by atoms with Crippen LogP contribution in [0.25, 0.3) is 0 Å². The zero-order chi connectivity index (χ0) is 13.5. The molecule has 96 valence electrons. The number of aromatic nitrogens is 1. The minimum Gasteiger partial charge on any atom is -0.350 e. The number of hydrogen-bond donors (Lipinski definition) is 1. The second-order valence-electron chi connectivity index (χ2n) is 4.33. The maximum absolute atomic E-state index is 11.9. The zero-order valence-electron chi connectivity index (χ0n) is 11.2. The van der Waals surface area contributed by atoms with E-state index < -0.39 is 0 Å². The molecular weight excluding hydrogens is 226 g/mol. The number of nitriles is 1. The average molecular weight is 245 g/mol. The molecule has 0 atom stereocenters. The number of carbonyl (C=O) groups is 1. The van der Waals surface area contributed by atoms with E-state index >= 15 is 0 Å². The van der Waals surface area contributed by atoms with Crippen molar-refractivity contribution in [3.05, 3.63) is 29.1 Å². The third-order valence-corrected chi connectivity index (χ3v) is 3.14. The van der Waals surface area contributed by atoms with Gasteiger partial charge in [0.05, 0.1) is 11.3 Å². The molecule has 4 nitrogen and oxygen atoms in total. The van der Waals surface area contributed by atoms with E-state index in [2.05, 4.69) is 24.1 Å². The van der Waals surface area contributed by atoms with Gasteiger partial charge in [-0.2, -0.15) is 5.26 Å². The number of aryl methyl sites for hydroxylation is 1. The van der Waals surface area contributed by atoms with Crippen molar-refractivity contribution in [3.8, 4) is 6.07 Å². The predicted molar refractivity (Wildman–Crippen MR) is 70.1 cm³/mol. The van der Waals surface area contributed by atoms with Crippen molar-refractivity contribution in [2.24, 2.45) is 5.92 Å². The molecule has 0 aliphatic heterocycles. The summed E-state index contributed by atoms with van der Waals surface area (Å²) in [5.41, 5.74) is 1.47. The molecule has 0 aliphatic carbocycles. The molecule has 0 saturated carbocycles. The Morgan fingerprint density at radius 3 is 2.61 bits per heavy atom. The summed E-state index contributed by atoms with van der Waals surface area (Å²) in [6, 6.07) is 5.26. The fourth-order valence-corrected chi connectivity index (χ4v) is 1.71. The summed E-state index contributed by atoms with van der Waals surface area (Å²) in [6.45, 7) is 6.64. The molecule has 1 amide bonds. The van der Waals surface area contributed by atoms with Gasteiger partial charge in [0.15, 0.2) is 0 Å². The monoisotopic (exact) mass is 245 g/mol. The Morgan fingerprint density at radius 1 is 1.44 bits per heavy atom. The molecule has 18 heavy (non-hydrogen) atoms. The SMILES string of the molecule is CCC(CC)CNC(=O)c1ccc(C#N)c(C)n1. The molecule has 1 N–H and O–H groups in total. The number of amides is 1. The summed E-state index contributed by atoms with van der Waals surface area (Å²) in [5.74, 6) is 0.336. The standard InChI is InChI=1S/C14H19N3O/c1-4-11(5-2)9-16-14(18)13-7-6-12(8-15)10(3)17-13/h6-7,11H,4-5,9H2,1-3H3,(H,16,18). The summed E-state index contributed by atoms with van der Waals surface area (Å²) >= 11 is 0. The fourth-order valence-electron chi connectivity index (χ4n) is 1.71. The van der Waals surface area contributed by atoms with Crippen molar-refractivity contribution in [3.63, 3.8) is 0 Å². The number of hydrogen-bond acceptors (Lipinski definition) is 3. The molecule has 0 fully saturated rings. The van der Waals surface area contributed by atoms with Crippen molar-refractivity contribution in [2.45, 2.75) is 33.6 Å². The lowest BCUT2D eigenvalue weighted by Gasteiger charge is -2.13. The van der Waals surface area contributed by atoms with E-state index in [1.54, 1.807) is 19.1 Å². The van der Waals surface area contributed by atoms with Crippen molar-refractivity contribution in [1.82, 2.24) is 10.3 Å². The lowest BCUT2D eigenvalue weighted by atomic mass is 10.0. The third-order valence-electron chi connectivity index (χ3n) is 3.14. The second kappa shape index (κ2) is 6.75. The molecule has 1 aromatic heterocycles. The molecule has 0 aliphatic rings. The van der Waals surface area contributed by atoms with Crippen LogP contribution in [0.4, 0.5) is 0 Å². The van der Waals surface area contributed by atoms with Crippen LogP contribution in [0.15, 0.2) is 12.1 Å². The minimum absolute atomic E-state index is 0.172. The van der Waals surface area contributed by atoms with Gasteiger partial charge in [-0.1, -0.05) is 26.7 Å². The molecule has 0 saturated heterocycles. The molecule has 1 rings (SSSR count). The Balaban J connectivity index is 2.68. The van der Waals surface area contributed by atoms with E-state index in [9.17, 15) is 4.79 Å². The van der Waals surface area contributed by atoms with Crippen molar-refractivity contribution < 1.29 is 4.79 Å². The van der Waals surface area contributed by atoms with E-state index in [0.717, 1.165) is 12.8 Å². The molecular formula is C14H19N3O. The normalized spacial score (nSPS) is 10.2. The summed E-state index contributed by atoms with van der Waals surface area (Å²) in [5, 5.41) is 11.7. The van der Waals surface area contributed by atoms with Crippen LogP contribution in [-0.4, -0.2) is 17.4 Å². The van der Waals surface area contributed by atoms with E-state index in [1.807, 2.05) is 6.07 Å². The van der Waals surface area contributed by atoms with Crippen LogP contribution < -0.4 is 5.32 Å². The molecule has 0 spiro atoms. The van der Waals surface area contributed by atoms with Crippen molar-refractivity contribution >= 4 is 5.91 Å². The third kappa shape index (κ3) is 3.56. The maximum Gasteiger partial charge on any atom is 0.269 e. The highest BCUT2D eigenvalue weighted by molar-refractivity contribution is 5.92. The molecule has 1 heterocycles. The van der Waals surface area contributed by atoms with Crippen LogP contribution in [0, 0.1) is 24.2 Å². The van der Waals surface area contributed by atoms with Crippen molar-refractivity contribution in [1.29, 1.82) is 5.26 Å². The highest BCUT2D eigenvalue weighted by Gasteiger charge is 2.11. The summed E-state index contributed by atoms with van der Waals surface area (Å²) in [4.78, 5) is 16.0. The van der Waals surface area contributed by atoms with Gasteiger partial charge in [-0.05, 0) is 25.0 Å². The Kier molecular flexibility index (Phi) is 5.31. The first-order chi connectivity index (χ1) is 8.62. The Labute approximate surface area is 108 Å². The number of pyridine rings is 1. The van der Waals surface area contributed by atoms with Crippen molar-refractivity contribution in [2.75, 3.05) is 6.54 Å². The van der Waals surface area contributed by atoms with Crippen LogP contribution in [0.3, 0.4) is 0 Å². The van der Waals surface area contributed by atoms with Gasteiger partial charge in [0.1, 0.15) is 11.8 Å². The average Bonchev–Trinajstić information content (AvgIpc) is 2.39. The van der Waals surface area contributed by atoms with E-state index in [4.69, 9.17) is 5.26 Å². The topological polar surface area (TPSA) is 65.8 Å². The molecule has 0 aromatic carbocycles. The number of nitrogens with one attached hydrogen (secondary N) is 1. The second-order valence-corrected chi connectivity index (χ2v) is 4.33. The highest BCUT2D eigenvalue weighted by atomic mass is 16.1. The lowest BCUT2D eigenvalue weighted by Crippen LogP contribution is -2.29. The minimum atomic E-state index is -0.172. The predicted octanol–water partition coefficient (Wildman–Crippen LogP) is 2.43. The summed E-state index contributed by atoms with van der Waals surface area (Å²) < 4.78 is 0. The maximum atomic E-state index is 11.9. The molecule has 4 heteroatoms. The van der Waals surface area contributed by atoms with Gasteiger partial charge in [0.25, 0.3) is 5.91 Å². The van der Waals surface area contributed by atoms with E-state index in [-0.39, 0.29) is 5.91 Å².